The summed E-state index contributed by atoms with van der Waals surface area (Å²) in [5.41, 5.74) is 9.61. The van der Waals surface area contributed by atoms with Crippen molar-refractivity contribution in [3.63, 3.8) is 0 Å². The van der Waals surface area contributed by atoms with Crippen LogP contribution in [0.3, 0.4) is 0 Å². The number of nitrogens with zero attached hydrogens (tertiary/aromatic N) is 4. The lowest BCUT2D eigenvalue weighted by atomic mass is 10.0. The van der Waals surface area contributed by atoms with Crippen LogP contribution >= 0.6 is 0 Å². The minimum Gasteiger partial charge on any atom is -0.308 e. The average molecular weight is 393 g/mol. The van der Waals surface area contributed by atoms with Crippen molar-refractivity contribution < 1.29 is 9.59 Å². The highest BCUT2D eigenvalue weighted by Gasteiger charge is 2.29. The van der Waals surface area contributed by atoms with Gasteiger partial charge in [0.15, 0.2) is 6.17 Å². The summed E-state index contributed by atoms with van der Waals surface area (Å²) in [7, 11) is 3.97. The van der Waals surface area contributed by atoms with Gasteiger partial charge in [-0.05, 0) is 27.1 Å². The van der Waals surface area contributed by atoms with Crippen LogP contribution in [0.5, 0.6) is 0 Å². The van der Waals surface area contributed by atoms with Gasteiger partial charge in [-0.1, -0.05) is 48.5 Å². The Bertz CT molecular complexity index is 889. The van der Waals surface area contributed by atoms with Gasteiger partial charge in [0.05, 0.1) is 11.4 Å². The first-order valence-corrected chi connectivity index (χ1v) is 9.47. The number of benzodiazepines with no additional fused rings is 1. The molecule has 7 nitrogen and oxygen atoms in total. The van der Waals surface area contributed by atoms with Crippen molar-refractivity contribution in [3.8, 4) is 0 Å². The van der Waals surface area contributed by atoms with E-state index in [1.165, 1.54) is 6.08 Å². The van der Waals surface area contributed by atoms with Crippen molar-refractivity contribution in [1.82, 2.24) is 4.90 Å². The summed E-state index contributed by atoms with van der Waals surface area (Å²) in [4.78, 5) is 33.4. The molecule has 1 heterocycles. The summed E-state index contributed by atoms with van der Waals surface area (Å²) in [5, 5.41) is 0. The molecular weight excluding hydrogens is 366 g/mol. The van der Waals surface area contributed by atoms with Gasteiger partial charge >= 0.3 is 0 Å². The molecule has 3 rings (SSSR count). The molecule has 2 aromatic carbocycles. The Labute approximate surface area is 171 Å². The molecule has 0 spiro atoms. The second kappa shape index (κ2) is 11.0. The molecule has 1 amide bonds. The number of benzene rings is 2. The standard InChI is InChI=1S/C19H22N4O.C3H5NO/c1-22(2)12-13-23-16-11-7-6-10-15(16)17(21-18(20)19(23)24)14-8-4-3-5-9-14;1-2-4-3-5/h3-11,18H,12-13,20H2,1-2H3;2H2,1H3. The summed E-state index contributed by atoms with van der Waals surface area (Å²) in [6.07, 6.45) is 0.499. The van der Waals surface area contributed by atoms with Crippen LogP contribution in [0.1, 0.15) is 18.1 Å². The average Bonchev–Trinajstić information content (AvgIpc) is 2.83. The number of nitrogens with two attached hydrogens (primary N) is 1. The van der Waals surface area contributed by atoms with Crippen molar-refractivity contribution in [3.05, 3.63) is 65.7 Å². The third kappa shape index (κ3) is 5.93. The van der Waals surface area contributed by atoms with Crippen molar-refractivity contribution in [2.45, 2.75) is 13.1 Å². The van der Waals surface area contributed by atoms with Crippen LogP contribution < -0.4 is 10.6 Å². The highest BCUT2D eigenvalue weighted by atomic mass is 16.2. The zero-order valence-electron chi connectivity index (χ0n) is 17.1. The molecule has 152 valence electrons. The predicted octanol–water partition coefficient (Wildman–Crippen LogP) is 2.06. The Morgan fingerprint density at radius 1 is 1.14 bits per heavy atom. The molecule has 1 atom stereocenters. The number of likely N-dealkylation sites (N-methyl/N-ethyl adjacent to an activating group) is 1. The first kappa shape index (κ1) is 22.2. The number of carbonyl (C=O) groups is 1. The predicted molar refractivity (Wildman–Crippen MR) is 116 cm³/mol. The molecule has 0 radical (unpaired) electrons. The lowest BCUT2D eigenvalue weighted by Crippen LogP contribution is -2.45. The molecular formula is C22H27N5O2. The molecule has 0 aliphatic carbocycles. The molecule has 1 unspecified atom stereocenters. The number of aliphatic imine (C=N–C) groups is 2. The SMILES string of the molecule is CCN=C=O.CN(C)CCN1C(=O)C(N)N=C(c2ccccc2)c2ccccc21. The number of para-hydroxylation sites is 1. The van der Waals surface area contributed by atoms with Gasteiger partial charge in [-0.15, -0.1) is 0 Å². The minimum atomic E-state index is -0.894. The molecule has 0 aromatic heterocycles. The van der Waals surface area contributed by atoms with Crippen molar-refractivity contribution in [2.75, 3.05) is 38.6 Å². The summed E-state index contributed by atoms with van der Waals surface area (Å²) in [6, 6.07) is 17.7. The number of amides is 1. The van der Waals surface area contributed by atoms with Crippen LogP contribution in [0, 0.1) is 0 Å². The first-order valence-electron chi connectivity index (χ1n) is 9.47. The lowest BCUT2D eigenvalue weighted by Gasteiger charge is -2.25. The van der Waals surface area contributed by atoms with Gasteiger partial charge in [0.25, 0.3) is 5.91 Å². The largest absolute Gasteiger partial charge is 0.308 e. The normalized spacial score (nSPS) is 15.5. The maximum absolute atomic E-state index is 12.8. The number of carbonyl (C=O) groups excluding carboxylic acids is 2. The van der Waals surface area contributed by atoms with Crippen molar-refractivity contribution in [1.29, 1.82) is 0 Å². The Morgan fingerprint density at radius 2 is 1.79 bits per heavy atom. The van der Waals surface area contributed by atoms with Gasteiger partial charge in [0.2, 0.25) is 6.08 Å². The van der Waals surface area contributed by atoms with Gasteiger partial charge < -0.3 is 15.5 Å². The minimum absolute atomic E-state index is 0.171. The van der Waals surface area contributed by atoms with Crippen LogP contribution in [0.4, 0.5) is 5.69 Å². The van der Waals surface area contributed by atoms with Crippen LogP contribution in [-0.2, 0) is 9.59 Å². The van der Waals surface area contributed by atoms with Gasteiger partial charge in [-0.3, -0.25) is 9.79 Å². The zero-order chi connectivity index (χ0) is 21.2. The Morgan fingerprint density at radius 3 is 2.38 bits per heavy atom. The number of rotatable bonds is 5. The molecule has 29 heavy (non-hydrogen) atoms. The van der Waals surface area contributed by atoms with E-state index in [0.29, 0.717) is 13.1 Å². The molecule has 2 N–H and O–H groups in total. The van der Waals surface area contributed by atoms with Gasteiger partial charge in [0, 0.05) is 30.8 Å². The van der Waals surface area contributed by atoms with E-state index in [1.807, 2.05) is 73.6 Å². The first-order chi connectivity index (χ1) is 14.0. The second-order valence-corrected chi connectivity index (χ2v) is 6.66. The van der Waals surface area contributed by atoms with Gasteiger partial charge in [-0.2, -0.15) is 0 Å². The summed E-state index contributed by atoms with van der Waals surface area (Å²) in [6.45, 7) is 3.66. The molecule has 1 aliphatic rings. The third-order valence-electron chi connectivity index (χ3n) is 4.28. The molecule has 0 saturated carbocycles. The van der Waals surface area contributed by atoms with Crippen LogP contribution in [0.15, 0.2) is 64.6 Å². The Balaban J connectivity index is 0.000000537. The number of fused-ring (bicyclic) bond motifs is 1. The van der Waals surface area contributed by atoms with Gasteiger partial charge in [0.1, 0.15) is 0 Å². The third-order valence-corrected chi connectivity index (χ3v) is 4.28. The maximum Gasteiger partial charge on any atom is 0.266 e. The number of hydrogen-bond acceptors (Lipinski definition) is 6. The topological polar surface area (TPSA) is 91.4 Å². The molecule has 0 fully saturated rings. The van der Waals surface area contributed by atoms with E-state index in [-0.39, 0.29) is 5.91 Å². The number of hydrogen-bond donors (Lipinski definition) is 1. The highest BCUT2D eigenvalue weighted by Crippen LogP contribution is 2.27. The second-order valence-electron chi connectivity index (χ2n) is 6.66. The van der Waals surface area contributed by atoms with Crippen molar-refractivity contribution in [2.24, 2.45) is 15.7 Å². The van der Waals surface area contributed by atoms with Gasteiger partial charge in [-0.25, -0.2) is 9.79 Å². The molecule has 2 aromatic rings. The molecule has 1 aliphatic heterocycles. The zero-order valence-corrected chi connectivity index (χ0v) is 17.1. The smallest absolute Gasteiger partial charge is 0.266 e. The van der Waals surface area contributed by atoms with Crippen LogP contribution in [0.25, 0.3) is 0 Å². The summed E-state index contributed by atoms with van der Waals surface area (Å²) >= 11 is 0. The van der Waals surface area contributed by atoms with E-state index in [4.69, 9.17) is 10.5 Å². The van der Waals surface area contributed by atoms with E-state index in [0.717, 1.165) is 29.1 Å². The Hall–Kier alpha value is -3.12. The van der Waals surface area contributed by atoms with E-state index in [9.17, 15) is 4.79 Å². The molecule has 7 heteroatoms. The Kier molecular flexibility index (Phi) is 8.43. The van der Waals surface area contributed by atoms with E-state index in [2.05, 4.69) is 9.98 Å². The van der Waals surface area contributed by atoms with E-state index >= 15 is 0 Å². The fraction of sp³-hybridized carbons (Fsp3) is 0.318. The van der Waals surface area contributed by atoms with Crippen molar-refractivity contribution >= 4 is 23.4 Å². The van der Waals surface area contributed by atoms with E-state index < -0.39 is 6.17 Å². The highest BCUT2D eigenvalue weighted by molar-refractivity contribution is 6.20. The van der Waals surface area contributed by atoms with Crippen LogP contribution in [-0.4, -0.2) is 62.5 Å². The molecule has 0 saturated heterocycles. The summed E-state index contributed by atoms with van der Waals surface area (Å²) < 4.78 is 0. The maximum atomic E-state index is 12.8. The fourth-order valence-corrected chi connectivity index (χ4v) is 2.87. The number of isocyanates is 1. The summed E-state index contributed by atoms with van der Waals surface area (Å²) in [5.74, 6) is -0.171. The molecule has 0 bridgehead atoms. The van der Waals surface area contributed by atoms with Crippen LogP contribution in [0.2, 0.25) is 0 Å². The lowest BCUT2D eigenvalue weighted by molar-refractivity contribution is -0.119. The van der Waals surface area contributed by atoms with E-state index in [1.54, 1.807) is 11.8 Å². The monoisotopic (exact) mass is 393 g/mol. The number of anilines is 1. The fourth-order valence-electron chi connectivity index (χ4n) is 2.87. The quantitative estimate of drug-likeness (QED) is 0.622.